The number of urea groups is 1. The molecule has 0 atom stereocenters. The summed E-state index contributed by atoms with van der Waals surface area (Å²) in [7, 11) is 1.57. The summed E-state index contributed by atoms with van der Waals surface area (Å²) in [5.74, 6) is 0.798. The number of ether oxygens (including phenoxy) is 2. The Bertz CT molecular complexity index is 598. The fourth-order valence-corrected chi connectivity index (χ4v) is 2.63. The molecular formula is C13H13IN2O4. The molecule has 1 aliphatic rings. The second-order valence-corrected chi connectivity index (χ2v) is 5.10. The number of benzene rings is 1. The first kappa shape index (κ1) is 14.6. The Hall–Kier alpha value is -1.77. The first-order valence-corrected chi connectivity index (χ1v) is 6.97. The van der Waals surface area contributed by atoms with Crippen LogP contribution in [0.2, 0.25) is 0 Å². The van der Waals surface area contributed by atoms with Crippen molar-refractivity contribution in [2.75, 3.05) is 13.7 Å². The smallest absolute Gasteiger partial charge is 0.326 e. The third-order valence-corrected chi connectivity index (χ3v) is 3.37. The number of halogens is 1. The minimum Gasteiger partial charge on any atom is -0.492 e. The molecule has 6 nitrogen and oxygen atoms in total. The molecule has 1 heterocycles. The second-order valence-electron chi connectivity index (χ2n) is 3.93. The molecule has 1 fully saturated rings. The summed E-state index contributed by atoms with van der Waals surface area (Å²) in [6.07, 6.45) is 1.59. The third kappa shape index (κ3) is 3.03. The maximum absolute atomic E-state index is 11.5. The van der Waals surface area contributed by atoms with E-state index in [1.807, 2.05) is 13.0 Å². The lowest BCUT2D eigenvalue weighted by atomic mass is 10.1. The van der Waals surface area contributed by atoms with Gasteiger partial charge in [-0.15, -0.1) is 0 Å². The Kier molecular flexibility index (Phi) is 4.48. The third-order valence-electron chi connectivity index (χ3n) is 2.57. The monoisotopic (exact) mass is 388 g/mol. The summed E-state index contributed by atoms with van der Waals surface area (Å²) in [6.45, 7) is 2.38. The van der Waals surface area contributed by atoms with Gasteiger partial charge in [0.1, 0.15) is 5.70 Å². The number of amides is 3. The number of carbonyl (C=O) groups excluding carboxylic acids is 2. The van der Waals surface area contributed by atoms with E-state index in [-0.39, 0.29) is 5.70 Å². The predicted octanol–water partition coefficient (Wildman–Crippen LogP) is 1.88. The highest BCUT2D eigenvalue weighted by Gasteiger charge is 2.23. The van der Waals surface area contributed by atoms with Crippen molar-refractivity contribution in [3.05, 3.63) is 27.0 Å². The van der Waals surface area contributed by atoms with Crippen LogP contribution in [0, 0.1) is 3.57 Å². The molecule has 0 aromatic heterocycles. The summed E-state index contributed by atoms with van der Waals surface area (Å²) in [5, 5.41) is 4.59. The molecule has 2 N–H and O–H groups in total. The standard InChI is InChI=1S/C13H13IN2O4/c1-3-20-10-6-7(4-8(14)11(10)19-2)5-9-12(17)16-13(18)15-9/h4-6H,3H2,1-2H3,(H2,15,16,17,18)/b9-5+. The molecule has 3 amide bonds. The van der Waals surface area contributed by atoms with E-state index in [0.29, 0.717) is 18.1 Å². The molecule has 0 saturated carbocycles. The minimum absolute atomic E-state index is 0.207. The van der Waals surface area contributed by atoms with Crippen molar-refractivity contribution in [1.29, 1.82) is 0 Å². The number of carbonyl (C=O) groups is 2. The fourth-order valence-electron chi connectivity index (χ4n) is 1.78. The van der Waals surface area contributed by atoms with Crippen molar-refractivity contribution in [2.45, 2.75) is 6.92 Å². The van der Waals surface area contributed by atoms with Gasteiger partial charge >= 0.3 is 6.03 Å². The summed E-state index contributed by atoms with van der Waals surface area (Å²) < 4.78 is 11.7. The highest BCUT2D eigenvalue weighted by molar-refractivity contribution is 14.1. The largest absolute Gasteiger partial charge is 0.492 e. The quantitative estimate of drug-likeness (QED) is 0.469. The van der Waals surface area contributed by atoms with Crippen LogP contribution in [0.1, 0.15) is 12.5 Å². The van der Waals surface area contributed by atoms with Crippen LogP contribution in [0.25, 0.3) is 6.08 Å². The van der Waals surface area contributed by atoms with E-state index in [1.54, 1.807) is 19.3 Å². The lowest BCUT2D eigenvalue weighted by molar-refractivity contribution is -0.115. The number of rotatable bonds is 4. The van der Waals surface area contributed by atoms with Gasteiger partial charge in [-0.1, -0.05) is 0 Å². The first-order chi connectivity index (χ1) is 9.55. The molecule has 2 rings (SSSR count). The first-order valence-electron chi connectivity index (χ1n) is 5.89. The van der Waals surface area contributed by atoms with Gasteiger partial charge in [-0.05, 0) is 53.3 Å². The van der Waals surface area contributed by atoms with Crippen LogP contribution in [0.5, 0.6) is 11.5 Å². The zero-order valence-corrected chi connectivity index (χ0v) is 13.1. The average Bonchev–Trinajstić information content (AvgIpc) is 2.68. The highest BCUT2D eigenvalue weighted by Crippen LogP contribution is 2.34. The van der Waals surface area contributed by atoms with Gasteiger partial charge in [0.2, 0.25) is 0 Å². The maximum atomic E-state index is 11.5. The molecular weight excluding hydrogens is 375 g/mol. The minimum atomic E-state index is -0.519. The summed E-state index contributed by atoms with van der Waals surface area (Å²) in [6, 6.07) is 3.08. The SMILES string of the molecule is CCOc1cc(/C=C2/NC(=O)NC2=O)cc(I)c1OC. The van der Waals surface area contributed by atoms with Crippen molar-refractivity contribution in [3.63, 3.8) is 0 Å². The van der Waals surface area contributed by atoms with Crippen LogP contribution in [0.3, 0.4) is 0 Å². The van der Waals surface area contributed by atoms with Gasteiger partial charge < -0.3 is 14.8 Å². The molecule has 106 valence electrons. The Labute approximate surface area is 129 Å². The number of imide groups is 1. The Morgan fingerprint density at radius 1 is 1.30 bits per heavy atom. The van der Waals surface area contributed by atoms with Crippen LogP contribution in [-0.4, -0.2) is 25.7 Å². The van der Waals surface area contributed by atoms with Crippen LogP contribution in [-0.2, 0) is 4.79 Å². The summed E-state index contributed by atoms with van der Waals surface area (Å²) in [4.78, 5) is 22.5. The molecule has 1 saturated heterocycles. The zero-order valence-electron chi connectivity index (χ0n) is 11.0. The van der Waals surface area contributed by atoms with Gasteiger partial charge in [0.15, 0.2) is 11.5 Å². The van der Waals surface area contributed by atoms with Crippen molar-refractivity contribution < 1.29 is 19.1 Å². The lowest BCUT2D eigenvalue weighted by Gasteiger charge is -2.12. The van der Waals surface area contributed by atoms with Gasteiger partial charge in [0, 0.05) is 0 Å². The van der Waals surface area contributed by atoms with E-state index in [1.165, 1.54) is 0 Å². The molecule has 0 unspecified atom stereocenters. The van der Waals surface area contributed by atoms with E-state index in [2.05, 4.69) is 33.2 Å². The van der Waals surface area contributed by atoms with Gasteiger partial charge in [0.25, 0.3) is 5.91 Å². The van der Waals surface area contributed by atoms with Crippen molar-refractivity contribution in [2.24, 2.45) is 0 Å². The summed E-state index contributed by atoms with van der Waals surface area (Å²) in [5.41, 5.74) is 0.949. The van der Waals surface area contributed by atoms with E-state index >= 15 is 0 Å². The average molecular weight is 388 g/mol. The molecule has 20 heavy (non-hydrogen) atoms. The van der Waals surface area contributed by atoms with Crippen molar-refractivity contribution in [3.8, 4) is 11.5 Å². The number of hydrogen-bond donors (Lipinski definition) is 2. The van der Waals surface area contributed by atoms with Crippen LogP contribution >= 0.6 is 22.6 Å². The number of hydrogen-bond acceptors (Lipinski definition) is 4. The zero-order chi connectivity index (χ0) is 14.7. The van der Waals surface area contributed by atoms with Crippen LogP contribution in [0.15, 0.2) is 17.8 Å². The van der Waals surface area contributed by atoms with Gasteiger partial charge in [-0.2, -0.15) is 0 Å². The Morgan fingerprint density at radius 3 is 2.60 bits per heavy atom. The Morgan fingerprint density at radius 2 is 2.05 bits per heavy atom. The highest BCUT2D eigenvalue weighted by atomic mass is 127. The second kappa shape index (κ2) is 6.12. The van der Waals surface area contributed by atoms with E-state index in [0.717, 1.165) is 9.13 Å². The Balaban J connectivity index is 2.40. The number of nitrogens with one attached hydrogen (secondary N) is 2. The molecule has 1 aliphatic heterocycles. The van der Waals surface area contributed by atoms with Gasteiger partial charge in [-0.25, -0.2) is 4.79 Å². The molecule has 0 bridgehead atoms. The maximum Gasteiger partial charge on any atom is 0.326 e. The molecule has 0 spiro atoms. The molecule has 0 aliphatic carbocycles. The normalized spacial score (nSPS) is 16.1. The van der Waals surface area contributed by atoms with Gasteiger partial charge in [-0.3, -0.25) is 10.1 Å². The van der Waals surface area contributed by atoms with Crippen LogP contribution in [0.4, 0.5) is 4.79 Å². The van der Waals surface area contributed by atoms with E-state index < -0.39 is 11.9 Å². The van der Waals surface area contributed by atoms with Gasteiger partial charge in [0.05, 0.1) is 17.3 Å². The lowest BCUT2D eigenvalue weighted by Crippen LogP contribution is -2.22. The predicted molar refractivity (Wildman–Crippen MR) is 81.5 cm³/mol. The molecule has 0 radical (unpaired) electrons. The van der Waals surface area contributed by atoms with E-state index in [4.69, 9.17) is 9.47 Å². The van der Waals surface area contributed by atoms with Crippen molar-refractivity contribution >= 4 is 40.6 Å². The topological polar surface area (TPSA) is 76.7 Å². The summed E-state index contributed by atoms with van der Waals surface area (Å²) >= 11 is 2.13. The molecule has 1 aromatic rings. The molecule has 1 aromatic carbocycles. The van der Waals surface area contributed by atoms with E-state index in [9.17, 15) is 9.59 Å². The van der Waals surface area contributed by atoms with Crippen LogP contribution < -0.4 is 20.1 Å². The molecule has 7 heteroatoms. The fraction of sp³-hybridized carbons (Fsp3) is 0.231. The van der Waals surface area contributed by atoms with Crippen molar-refractivity contribution in [1.82, 2.24) is 10.6 Å². The number of methoxy groups -OCH3 is 1.